The molecule has 4 aromatic rings. The molecule has 0 saturated heterocycles. The normalized spacial score (nSPS) is 10.8. The van der Waals surface area contributed by atoms with Gasteiger partial charge in [0.05, 0.1) is 30.9 Å². The van der Waals surface area contributed by atoms with E-state index in [9.17, 15) is 19.2 Å². The fourth-order valence-electron chi connectivity index (χ4n) is 3.84. The lowest BCUT2D eigenvalue weighted by Crippen LogP contribution is -2.43. The molecule has 1 N–H and O–H groups in total. The van der Waals surface area contributed by atoms with Gasteiger partial charge in [-0.2, -0.15) is 0 Å². The number of rotatable bonds is 6. The minimum atomic E-state index is -0.832. The van der Waals surface area contributed by atoms with E-state index < -0.39 is 29.7 Å². The predicted octanol–water partition coefficient (Wildman–Crippen LogP) is 2.60. The van der Waals surface area contributed by atoms with E-state index in [-0.39, 0.29) is 16.6 Å². The number of hydrogen-bond acceptors (Lipinski definition) is 7. The van der Waals surface area contributed by atoms with Crippen LogP contribution in [0.3, 0.4) is 0 Å². The van der Waals surface area contributed by atoms with Gasteiger partial charge in [-0.1, -0.05) is 23.8 Å². The van der Waals surface area contributed by atoms with Gasteiger partial charge in [0.1, 0.15) is 12.3 Å². The summed E-state index contributed by atoms with van der Waals surface area (Å²) in [5.41, 5.74) is 0.537. The van der Waals surface area contributed by atoms with E-state index in [4.69, 9.17) is 9.47 Å². The fraction of sp³-hybridized carbons (Fsp3) is 0.192. The zero-order valence-electron chi connectivity index (χ0n) is 20.2. The summed E-state index contributed by atoms with van der Waals surface area (Å²) in [6.07, 6.45) is 0. The number of anilines is 1. The number of pyridine rings is 1. The van der Waals surface area contributed by atoms with Crippen LogP contribution in [0.5, 0.6) is 5.75 Å². The summed E-state index contributed by atoms with van der Waals surface area (Å²) in [5, 5.41) is 2.54. The van der Waals surface area contributed by atoms with Gasteiger partial charge in [-0.3, -0.25) is 9.59 Å². The number of aryl methyl sites for hydroxylation is 2. The topological polar surface area (TPSA) is 122 Å². The van der Waals surface area contributed by atoms with Crippen molar-refractivity contribution in [2.45, 2.75) is 20.4 Å². The maximum absolute atomic E-state index is 13.6. The van der Waals surface area contributed by atoms with E-state index in [1.54, 1.807) is 43.3 Å². The Labute approximate surface area is 205 Å². The minimum absolute atomic E-state index is 0.0335. The number of methoxy groups -OCH3 is 2. The zero-order valence-corrected chi connectivity index (χ0v) is 20.2. The quantitative estimate of drug-likeness (QED) is 0.414. The van der Waals surface area contributed by atoms with Crippen molar-refractivity contribution >= 4 is 28.6 Å². The number of carbonyl (C=O) groups excluding carboxylic acids is 2. The number of ether oxygens (including phenoxy) is 2. The molecule has 1 amide bonds. The van der Waals surface area contributed by atoms with Gasteiger partial charge >= 0.3 is 11.7 Å². The Hall–Kier alpha value is -4.73. The van der Waals surface area contributed by atoms with Crippen molar-refractivity contribution < 1.29 is 19.1 Å². The van der Waals surface area contributed by atoms with Crippen LogP contribution in [-0.4, -0.2) is 40.2 Å². The van der Waals surface area contributed by atoms with Gasteiger partial charge in [0, 0.05) is 17.4 Å². The lowest BCUT2D eigenvalue weighted by Gasteiger charge is -2.16. The van der Waals surface area contributed by atoms with Crippen LogP contribution in [0.25, 0.3) is 16.7 Å². The molecule has 0 radical (unpaired) electrons. The van der Waals surface area contributed by atoms with E-state index in [0.717, 1.165) is 10.1 Å². The van der Waals surface area contributed by atoms with Crippen LogP contribution in [0, 0.1) is 13.8 Å². The third-order valence-electron chi connectivity index (χ3n) is 5.58. The summed E-state index contributed by atoms with van der Waals surface area (Å²) in [6, 6.07) is 15.1. The molecule has 0 saturated carbocycles. The van der Waals surface area contributed by atoms with E-state index >= 15 is 0 Å². The summed E-state index contributed by atoms with van der Waals surface area (Å²) < 4.78 is 12.1. The number of amides is 1. The summed E-state index contributed by atoms with van der Waals surface area (Å²) in [5.74, 6) is -0.897. The summed E-state index contributed by atoms with van der Waals surface area (Å²) in [4.78, 5) is 57.0. The van der Waals surface area contributed by atoms with Gasteiger partial charge in [-0.25, -0.2) is 23.7 Å². The number of aromatic nitrogens is 3. The average molecular weight is 489 g/mol. The van der Waals surface area contributed by atoms with Gasteiger partial charge in [-0.15, -0.1) is 0 Å². The van der Waals surface area contributed by atoms with E-state index in [1.165, 1.54) is 24.9 Å². The highest BCUT2D eigenvalue weighted by Gasteiger charge is 2.24. The van der Waals surface area contributed by atoms with Crippen molar-refractivity contribution in [1.29, 1.82) is 0 Å². The van der Waals surface area contributed by atoms with Gasteiger partial charge in [0.2, 0.25) is 5.91 Å². The van der Waals surface area contributed by atoms with Crippen LogP contribution >= 0.6 is 0 Å². The monoisotopic (exact) mass is 488 g/mol. The van der Waals surface area contributed by atoms with Crippen molar-refractivity contribution in [2.75, 3.05) is 19.5 Å². The number of fused-ring (bicyclic) bond motifs is 1. The molecule has 2 aromatic carbocycles. The molecule has 184 valence electrons. The third kappa shape index (κ3) is 4.61. The Morgan fingerprint density at radius 1 is 1.00 bits per heavy atom. The molecular weight excluding hydrogens is 464 g/mol. The van der Waals surface area contributed by atoms with Crippen LogP contribution in [0.1, 0.15) is 21.6 Å². The van der Waals surface area contributed by atoms with Gasteiger partial charge in [0.15, 0.2) is 5.65 Å². The molecule has 36 heavy (non-hydrogen) atoms. The summed E-state index contributed by atoms with van der Waals surface area (Å²) >= 11 is 0. The molecule has 0 aliphatic rings. The molecule has 2 aromatic heterocycles. The second kappa shape index (κ2) is 9.87. The fourth-order valence-corrected chi connectivity index (χ4v) is 3.84. The highest BCUT2D eigenvalue weighted by Crippen LogP contribution is 2.21. The smallest absolute Gasteiger partial charge is 0.338 e. The molecule has 10 heteroatoms. The minimum Gasteiger partial charge on any atom is -0.497 e. The van der Waals surface area contributed by atoms with Crippen LogP contribution in [-0.2, 0) is 16.1 Å². The van der Waals surface area contributed by atoms with Crippen LogP contribution in [0.4, 0.5) is 5.69 Å². The Morgan fingerprint density at radius 2 is 1.72 bits per heavy atom. The number of benzene rings is 2. The lowest BCUT2D eigenvalue weighted by molar-refractivity contribution is -0.116. The Kier molecular flexibility index (Phi) is 6.69. The number of esters is 1. The molecular formula is C26H24N4O6. The van der Waals surface area contributed by atoms with Crippen molar-refractivity contribution in [2.24, 2.45) is 0 Å². The van der Waals surface area contributed by atoms with E-state index in [1.807, 2.05) is 19.1 Å². The molecule has 2 heterocycles. The second-order valence-corrected chi connectivity index (χ2v) is 8.13. The molecule has 0 fully saturated rings. The predicted molar refractivity (Wildman–Crippen MR) is 134 cm³/mol. The number of nitrogens with one attached hydrogen (secondary N) is 1. The number of nitrogens with zero attached hydrogens (tertiary/aromatic N) is 3. The zero-order chi connectivity index (χ0) is 26.0. The first-order chi connectivity index (χ1) is 17.2. The Balaban J connectivity index is 1.97. The van der Waals surface area contributed by atoms with Gasteiger partial charge < -0.3 is 14.8 Å². The summed E-state index contributed by atoms with van der Waals surface area (Å²) in [7, 11) is 2.67. The second-order valence-electron chi connectivity index (χ2n) is 8.13. The first-order valence-corrected chi connectivity index (χ1v) is 11.0. The van der Waals surface area contributed by atoms with Crippen LogP contribution in [0.2, 0.25) is 0 Å². The SMILES string of the molecule is COC(=O)c1cc(C)nc2c1c(=O)n(CC(=O)Nc1ccc(C)cc1)c(=O)n2-c1cccc(OC)c1. The molecule has 0 aliphatic heterocycles. The average Bonchev–Trinajstić information content (AvgIpc) is 2.87. The Morgan fingerprint density at radius 3 is 2.39 bits per heavy atom. The summed E-state index contributed by atoms with van der Waals surface area (Å²) in [6.45, 7) is 2.96. The number of carbonyl (C=O) groups is 2. The molecule has 0 unspecified atom stereocenters. The van der Waals surface area contributed by atoms with Crippen molar-refractivity contribution in [3.63, 3.8) is 0 Å². The standard InChI is InChI=1S/C26H24N4O6/c1-15-8-10-17(11-9-15)28-21(31)14-29-24(32)22-20(25(33)36-4)12-16(2)27-23(22)30(26(29)34)18-6-5-7-19(13-18)35-3/h5-13H,14H2,1-4H3,(H,28,31). The van der Waals surface area contributed by atoms with Crippen molar-refractivity contribution in [3.8, 4) is 11.4 Å². The van der Waals surface area contributed by atoms with Crippen molar-refractivity contribution in [1.82, 2.24) is 14.1 Å². The van der Waals surface area contributed by atoms with Crippen molar-refractivity contribution in [3.05, 3.63) is 92.3 Å². The molecule has 0 aliphatic carbocycles. The molecule has 0 bridgehead atoms. The molecule has 0 atom stereocenters. The highest BCUT2D eigenvalue weighted by molar-refractivity contribution is 6.02. The third-order valence-corrected chi connectivity index (χ3v) is 5.58. The Bertz CT molecular complexity index is 1600. The molecule has 4 rings (SSSR count). The van der Waals surface area contributed by atoms with Crippen LogP contribution in [0.15, 0.2) is 64.2 Å². The molecule has 0 spiro atoms. The maximum Gasteiger partial charge on any atom is 0.338 e. The lowest BCUT2D eigenvalue weighted by atomic mass is 10.1. The first-order valence-electron chi connectivity index (χ1n) is 11.0. The van der Waals surface area contributed by atoms with E-state index in [2.05, 4.69) is 10.3 Å². The highest BCUT2D eigenvalue weighted by atomic mass is 16.5. The first kappa shape index (κ1) is 24.4. The van der Waals surface area contributed by atoms with Gasteiger partial charge in [-0.05, 0) is 44.2 Å². The number of hydrogen-bond donors (Lipinski definition) is 1. The maximum atomic E-state index is 13.6. The van der Waals surface area contributed by atoms with E-state index in [0.29, 0.717) is 22.8 Å². The molecule has 10 nitrogen and oxygen atoms in total. The largest absolute Gasteiger partial charge is 0.497 e. The van der Waals surface area contributed by atoms with Crippen LogP contribution < -0.4 is 21.3 Å². The van der Waals surface area contributed by atoms with Gasteiger partial charge in [0.25, 0.3) is 5.56 Å².